The van der Waals surface area contributed by atoms with Crippen molar-refractivity contribution in [2.24, 2.45) is 5.92 Å². The summed E-state index contributed by atoms with van der Waals surface area (Å²) >= 11 is 0. The highest BCUT2D eigenvalue weighted by Gasteiger charge is 2.32. The molecule has 0 radical (unpaired) electrons. The van der Waals surface area contributed by atoms with Gasteiger partial charge in [0.15, 0.2) is 0 Å². The molecule has 0 unspecified atom stereocenters. The van der Waals surface area contributed by atoms with Crippen molar-refractivity contribution in [1.82, 2.24) is 14.9 Å². The minimum absolute atomic E-state index is 0.195. The van der Waals surface area contributed by atoms with E-state index < -0.39 is 0 Å². The van der Waals surface area contributed by atoms with E-state index in [1.165, 1.54) is 12.8 Å². The van der Waals surface area contributed by atoms with E-state index in [0.29, 0.717) is 19.7 Å². The van der Waals surface area contributed by atoms with Gasteiger partial charge in [-0.2, -0.15) is 0 Å². The quantitative estimate of drug-likeness (QED) is 0.830. The summed E-state index contributed by atoms with van der Waals surface area (Å²) in [4.78, 5) is 23.8. The van der Waals surface area contributed by atoms with Crippen LogP contribution in [-0.4, -0.2) is 47.6 Å². The molecular formula is C21H25N3O3. The highest BCUT2D eigenvalue weighted by Crippen LogP contribution is 2.29. The first-order valence-electron chi connectivity index (χ1n) is 9.61. The molecule has 2 aromatic rings. The van der Waals surface area contributed by atoms with Crippen LogP contribution in [0.5, 0.6) is 5.75 Å². The van der Waals surface area contributed by atoms with Crippen molar-refractivity contribution >= 4 is 5.91 Å². The molecule has 6 nitrogen and oxygen atoms in total. The second kappa shape index (κ2) is 8.05. The molecule has 2 aliphatic rings. The summed E-state index contributed by atoms with van der Waals surface area (Å²) in [6.07, 6.45) is 7.63. The van der Waals surface area contributed by atoms with Crippen LogP contribution in [0.3, 0.4) is 0 Å². The summed E-state index contributed by atoms with van der Waals surface area (Å²) in [6.45, 7) is 1.76. The Morgan fingerprint density at radius 3 is 2.70 bits per heavy atom. The van der Waals surface area contributed by atoms with Gasteiger partial charge in [0.25, 0.3) is 0 Å². The molecule has 1 aromatic heterocycles. The number of hydrogen-bond donors (Lipinski definition) is 0. The first-order chi connectivity index (χ1) is 13.2. The monoisotopic (exact) mass is 367 g/mol. The van der Waals surface area contributed by atoms with Gasteiger partial charge in [-0.15, -0.1) is 0 Å². The molecule has 27 heavy (non-hydrogen) atoms. The van der Waals surface area contributed by atoms with E-state index in [1.807, 2.05) is 29.2 Å². The Bertz CT molecular complexity index is 788. The number of hydrogen-bond acceptors (Lipinski definition) is 5. The van der Waals surface area contributed by atoms with Crippen LogP contribution in [0.25, 0.3) is 11.3 Å². The number of morpholine rings is 1. The van der Waals surface area contributed by atoms with Crippen molar-refractivity contribution in [2.75, 3.05) is 26.8 Å². The topological polar surface area (TPSA) is 64.5 Å². The van der Waals surface area contributed by atoms with Gasteiger partial charge in [0.05, 0.1) is 44.0 Å². The standard InChI is InChI=1S/C21H25N3O3/c1-26-17-8-6-15(7-9-17)18-12-22-13-19(23-18)20-14-24(10-11-27-20)21(25)16-4-2-3-5-16/h6-9,12-13,16,20H,2-5,10-11,14H2,1H3/t20-/m1/s1. The van der Waals surface area contributed by atoms with Crippen molar-refractivity contribution in [3.63, 3.8) is 0 Å². The number of ether oxygens (including phenoxy) is 2. The van der Waals surface area contributed by atoms with Gasteiger partial charge in [-0.3, -0.25) is 9.78 Å². The number of carbonyl (C=O) groups is 1. The van der Waals surface area contributed by atoms with Crippen molar-refractivity contribution < 1.29 is 14.3 Å². The second-order valence-corrected chi connectivity index (χ2v) is 7.18. The lowest BCUT2D eigenvalue weighted by molar-refractivity contribution is -0.143. The fourth-order valence-electron chi connectivity index (χ4n) is 3.90. The maximum absolute atomic E-state index is 12.7. The Morgan fingerprint density at radius 2 is 1.96 bits per heavy atom. The Labute approximate surface area is 159 Å². The third-order valence-electron chi connectivity index (χ3n) is 5.45. The molecule has 0 N–H and O–H groups in total. The van der Waals surface area contributed by atoms with Crippen molar-refractivity contribution in [3.05, 3.63) is 42.4 Å². The Hall–Kier alpha value is -2.47. The summed E-state index contributed by atoms with van der Waals surface area (Å²) in [7, 11) is 1.65. The lowest BCUT2D eigenvalue weighted by atomic mass is 10.1. The number of rotatable bonds is 4. The molecule has 1 aliphatic carbocycles. The molecule has 4 rings (SSSR count). The molecule has 1 saturated heterocycles. The van der Waals surface area contributed by atoms with Crippen LogP contribution in [0.1, 0.15) is 37.5 Å². The lowest BCUT2D eigenvalue weighted by Crippen LogP contribution is -2.44. The van der Waals surface area contributed by atoms with E-state index in [1.54, 1.807) is 19.5 Å². The first kappa shape index (κ1) is 17.9. The molecule has 2 fully saturated rings. The van der Waals surface area contributed by atoms with E-state index in [2.05, 4.69) is 4.98 Å². The van der Waals surface area contributed by atoms with Crippen LogP contribution in [0.2, 0.25) is 0 Å². The number of carbonyl (C=O) groups excluding carboxylic acids is 1. The van der Waals surface area contributed by atoms with Gasteiger partial charge in [0, 0.05) is 18.0 Å². The minimum Gasteiger partial charge on any atom is -0.497 e. The summed E-state index contributed by atoms with van der Waals surface area (Å²) < 4.78 is 11.1. The highest BCUT2D eigenvalue weighted by molar-refractivity contribution is 5.79. The number of nitrogens with zero attached hydrogens (tertiary/aromatic N) is 3. The van der Waals surface area contributed by atoms with Crippen LogP contribution >= 0.6 is 0 Å². The molecule has 1 amide bonds. The molecule has 0 bridgehead atoms. The zero-order valence-electron chi connectivity index (χ0n) is 15.6. The average Bonchev–Trinajstić information content (AvgIpc) is 3.28. The van der Waals surface area contributed by atoms with Gasteiger partial charge in [0.1, 0.15) is 11.9 Å². The number of amides is 1. The van der Waals surface area contributed by atoms with Crippen LogP contribution in [-0.2, 0) is 9.53 Å². The normalized spacial score (nSPS) is 20.6. The SMILES string of the molecule is COc1ccc(-c2cncc([C@H]3CN(C(=O)C4CCCC4)CCO3)n2)cc1. The minimum atomic E-state index is -0.227. The fourth-order valence-corrected chi connectivity index (χ4v) is 3.90. The maximum atomic E-state index is 12.7. The Balaban J connectivity index is 1.49. The van der Waals surface area contributed by atoms with Gasteiger partial charge in [-0.25, -0.2) is 4.98 Å². The largest absolute Gasteiger partial charge is 0.497 e. The zero-order valence-corrected chi connectivity index (χ0v) is 15.6. The third kappa shape index (κ3) is 3.95. The van der Waals surface area contributed by atoms with E-state index in [0.717, 1.165) is 35.5 Å². The summed E-state index contributed by atoms with van der Waals surface area (Å²) in [5.74, 6) is 1.28. The second-order valence-electron chi connectivity index (χ2n) is 7.18. The van der Waals surface area contributed by atoms with E-state index in [4.69, 9.17) is 14.5 Å². The highest BCUT2D eigenvalue weighted by atomic mass is 16.5. The van der Waals surface area contributed by atoms with Crippen LogP contribution < -0.4 is 4.74 Å². The smallest absolute Gasteiger partial charge is 0.225 e. The van der Waals surface area contributed by atoms with E-state index in [9.17, 15) is 4.79 Å². The van der Waals surface area contributed by atoms with E-state index in [-0.39, 0.29) is 17.9 Å². The number of benzene rings is 1. The van der Waals surface area contributed by atoms with E-state index >= 15 is 0 Å². The zero-order chi connectivity index (χ0) is 18.6. The molecule has 1 aliphatic heterocycles. The Morgan fingerprint density at radius 1 is 1.19 bits per heavy atom. The average molecular weight is 367 g/mol. The summed E-state index contributed by atoms with van der Waals surface area (Å²) in [5, 5.41) is 0. The van der Waals surface area contributed by atoms with Crippen LogP contribution in [0.4, 0.5) is 0 Å². The van der Waals surface area contributed by atoms with Crippen molar-refractivity contribution in [2.45, 2.75) is 31.8 Å². The van der Waals surface area contributed by atoms with Crippen molar-refractivity contribution in [1.29, 1.82) is 0 Å². The molecule has 1 atom stereocenters. The van der Waals surface area contributed by atoms with Gasteiger partial charge >= 0.3 is 0 Å². The van der Waals surface area contributed by atoms with Crippen LogP contribution in [0.15, 0.2) is 36.7 Å². The molecule has 142 valence electrons. The molecule has 0 spiro atoms. The molecular weight excluding hydrogens is 342 g/mol. The molecule has 1 saturated carbocycles. The maximum Gasteiger partial charge on any atom is 0.225 e. The predicted octanol–water partition coefficient (Wildman–Crippen LogP) is 3.24. The van der Waals surface area contributed by atoms with Gasteiger partial charge < -0.3 is 14.4 Å². The molecule has 1 aromatic carbocycles. The fraction of sp³-hybridized carbons (Fsp3) is 0.476. The summed E-state index contributed by atoms with van der Waals surface area (Å²) in [6, 6.07) is 7.74. The molecule has 6 heteroatoms. The summed E-state index contributed by atoms with van der Waals surface area (Å²) in [5.41, 5.74) is 2.53. The number of aromatic nitrogens is 2. The van der Waals surface area contributed by atoms with Gasteiger partial charge in [0.2, 0.25) is 5.91 Å². The first-order valence-corrected chi connectivity index (χ1v) is 9.61. The number of methoxy groups -OCH3 is 1. The molecule has 2 heterocycles. The van der Waals surface area contributed by atoms with Gasteiger partial charge in [-0.05, 0) is 37.1 Å². The van der Waals surface area contributed by atoms with Crippen molar-refractivity contribution in [3.8, 4) is 17.0 Å². The predicted molar refractivity (Wildman–Crippen MR) is 101 cm³/mol. The lowest BCUT2D eigenvalue weighted by Gasteiger charge is -2.34. The van der Waals surface area contributed by atoms with Gasteiger partial charge in [-0.1, -0.05) is 12.8 Å². The Kier molecular flexibility index (Phi) is 5.34. The third-order valence-corrected chi connectivity index (χ3v) is 5.45. The van der Waals surface area contributed by atoms with Crippen LogP contribution in [0, 0.1) is 5.92 Å².